The Morgan fingerprint density at radius 1 is 1.19 bits per heavy atom. The molecule has 1 aromatic carbocycles. The molecule has 0 aliphatic carbocycles. The maximum Gasteiger partial charge on any atom is 0.119 e. The number of benzene rings is 1. The molecule has 0 spiro atoms. The van der Waals surface area contributed by atoms with Gasteiger partial charge in [-0.2, -0.15) is 0 Å². The topological polar surface area (TPSA) is 35.2 Å². The van der Waals surface area contributed by atoms with E-state index in [-0.39, 0.29) is 23.9 Å². The molecule has 0 amide bonds. The summed E-state index contributed by atoms with van der Waals surface area (Å²) < 4.78 is 5.39. The van der Waals surface area contributed by atoms with Crippen LogP contribution in [-0.2, 0) is 0 Å². The minimum absolute atomic E-state index is 0. The highest BCUT2D eigenvalue weighted by atomic mass is 35.5. The van der Waals surface area contributed by atoms with Crippen LogP contribution in [0.3, 0.4) is 0 Å². The first-order valence-electron chi connectivity index (χ1n) is 5.43. The molecule has 0 unspecified atom stereocenters. The summed E-state index contributed by atoms with van der Waals surface area (Å²) in [6, 6.07) is 8.10. The highest BCUT2D eigenvalue weighted by Gasteiger charge is 2.21. The quantitative estimate of drug-likeness (QED) is 0.881. The Morgan fingerprint density at radius 2 is 1.69 bits per heavy atom. The zero-order valence-corrected chi connectivity index (χ0v) is 11.3. The Balaban J connectivity index is 0.00000225. The van der Waals surface area contributed by atoms with E-state index in [1.54, 1.807) is 0 Å². The monoisotopic (exact) mass is 243 g/mol. The Bertz CT molecular complexity index is 303. The van der Waals surface area contributed by atoms with Crippen molar-refractivity contribution in [3.8, 4) is 5.75 Å². The standard InChI is InChI=1S/C13H21NO.ClH/c1-5-15-11-8-6-10(7-9-11)12(14)13(2,3)4;/h6-9,12H,5,14H2,1-4H3;1H/t12-;/m1./s1. The maximum absolute atomic E-state index is 6.16. The maximum atomic E-state index is 6.16. The molecule has 3 heteroatoms. The third-order valence-electron chi connectivity index (χ3n) is 2.48. The van der Waals surface area contributed by atoms with Gasteiger partial charge >= 0.3 is 0 Å². The molecule has 0 saturated heterocycles. The van der Waals surface area contributed by atoms with Gasteiger partial charge in [0.15, 0.2) is 0 Å². The second-order valence-corrected chi connectivity index (χ2v) is 4.85. The van der Waals surface area contributed by atoms with Crippen molar-refractivity contribution in [1.29, 1.82) is 0 Å². The van der Waals surface area contributed by atoms with E-state index < -0.39 is 0 Å². The van der Waals surface area contributed by atoms with Crippen LogP contribution < -0.4 is 10.5 Å². The molecule has 0 heterocycles. The fourth-order valence-electron chi connectivity index (χ4n) is 1.44. The summed E-state index contributed by atoms with van der Waals surface area (Å²) in [4.78, 5) is 0. The van der Waals surface area contributed by atoms with Gasteiger partial charge in [-0.05, 0) is 30.0 Å². The van der Waals surface area contributed by atoms with Crippen molar-refractivity contribution in [2.24, 2.45) is 11.1 Å². The van der Waals surface area contributed by atoms with Gasteiger partial charge in [0, 0.05) is 6.04 Å². The summed E-state index contributed by atoms with van der Waals surface area (Å²) >= 11 is 0. The average Bonchev–Trinajstić information content (AvgIpc) is 2.17. The van der Waals surface area contributed by atoms with E-state index in [1.165, 1.54) is 0 Å². The first-order valence-corrected chi connectivity index (χ1v) is 5.43. The van der Waals surface area contributed by atoms with Gasteiger partial charge in [-0.3, -0.25) is 0 Å². The molecule has 0 aromatic heterocycles. The van der Waals surface area contributed by atoms with E-state index in [0.717, 1.165) is 11.3 Å². The molecule has 0 aliphatic heterocycles. The molecular formula is C13H22ClNO. The molecular weight excluding hydrogens is 222 g/mol. The molecule has 0 fully saturated rings. The van der Waals surface area contributed by atoms with Gasteiger partial charge in [0.05, 0.1) is 6.61 Å². The largest absolute Gasteiger partial charge is 0.494 e. The first-order chi connectivity index (χ1) is 6.95. The van der Waals surface area contributed by atoms with Gasteiger partial charge in [0.2, 0.25) is 0 Å². The predicted octanol–water partition coefficient (Wildman–Crippen LogP) is 3.55. The van der Waals surface area contributed by atoms with Crippen molar-refractivity contribution in [1.82, 2.24) is 0 Å². The fourth-order valence-corrected chi connectivity index (χ4v) is 1.44. The third-order valence-corrected chi connectivity index (χ3v) is 2.48. The van der Waals surface area contributed by atoms with Gasteiger partial charge in [0.1, 0.15) is 5.75 Å². The lowest BCUT2D eigenvalue weighted by molar-refractivity contribution is 0.324. The van der Waals surface area contributed by atoms with Crippen LogP contribution in [0, 0.1) is 5.41 Å². The van der Waals surface area contributed by atoms with E-state index in [2.05, 4.69) is 20.8 Å². The molecule has 92 valence electrons. The second-order valence-electron chi connectivity index (χ2n) is 4.85. The molecule has 0 bridgehead atoms. The molecule has 2 N–H and O–H groups in total. The Hall–Kier alpha value is -0.730. The highest BCUT2D eigenvalue weighted by molar-refractivity contribution is 5.85. The van der Waals surface area contributed by atoms with Gasteiger partial charge < -0.3 is 10.5 Å². The van der Waals surface area contributed by atoms with Crippen molar-refractivity contribution in [3.63, 3.8) is 0 Å². The van der Waals surface area contributed by atoms with Gasteiger partial charge in [0.25, 0.3) is 0 Å². The van der Waals surface area contributed by atoms with Crippen LogP contribution in [0.2, 0.25) is 0 Å². The van der Waals surface area contributed by atoms with Gasteiger partial charge in [-0.1, -0.05) is 32.9 Å². The molecule has 0 saturated carbocycles. The predicted molar refractivity (Wildman–Crippen MR) is 71.2 cm³/mol. The molecule has 1 rings (SSSR count). The zero-order valence-electron chi connectivity index (χ0n) is 10.5. The molecule has 1 aromatic rings. The lowest BCUT2D eigenvalue weighted by Gasteiger charge is -2.27. The molecule has 2 nitrogen and oxygen atoms in total. The van der Waals surface area contributed by atoms with Crippen LogP contribution in [0.1, 0.15) is 39.3 Å². The minimum Gasteiger partial charge on any atom is -0.494 e. The number of halogens is 1. The van der Waals surface area contributed by atoms with Crippen molar-refractivity contribution in [2.75, 3.05) is 6.61 Å². The molecule has 1 atom stereocenters. The second kappa shape index (κ2) is 6.12. The van der Waals surface area contributed by atoms with E-state index in [4.69, 9.17) is 10.5 Å². The number of rotatable bonds is 3. The summed E-state index contributed by atoms with van der Waals surface area (Å²) in [5.74, 6) is 0.905. The third kappa shape index (κ3) is 4.03. The molecule has 0 radical (unpaired) electrons. The van der Waals surface area contributed by atoms with Crippen molar-refractivity contribution >= 4 is 12.4 Å². The Labute approximate surface area is 105 Å². The minimum atomic E-state index is 0. The van der Waals surface area contributed by atoms with Crippen LogP contribution in [0.25, 0.3) is 0 Å². The Morgan fingerprint density at radius 3 is 2.06 bits per heavy atom. The number of hydrogen-bond donors (Lipinski definition) is 1. The van der Waals surface area contributed by atoms with E-state index in [0.29, 0.717) is 6.61 Å². The zero-order chi connectivity index (χ0) is 11.5. The fraction of sp³-hybridized carbons (Fsp3) is 0.538. The van der Waals surface area contributed by atoms with Crippen LogP contribution in [0.4, 0.5) is 0 Å². The SMILES string of the molecule is CCOc1ccc([C@@H](N)C(C)(C)C)cc1.Cl. The van der Waals surface area contributed by atoms with Gasteiger partial charge in [-0.15, -0.1) is 12.4 Å². The Kier molecular flexibility index (Phi) is 5.84. The van der Waals surface area contributed by atoms with Crippen LogP contribution in [0.5, 0.6) is 5.75 Å². The summed E-state index contributed by atoms with van der Waals surface area (Å²) in [7, 11) is 0. The van der Waals surface area contributed by atoms with Crippen LogP contribution in [0.15, 0.2) is 24.3 Å². The summed E-state index contributed by atoms with van der Waals surface area (Å²) in [6.45, 7) is 9.12. The summed E-state index contributed by atoms with van der Waals surface area (Å²) in [5.41, 5.74) is 7.40. The van der Waals surface area contributed by atoms with E-state index in [9.17, 15) is 0 Å². The summed E-state index contributed by atoms with van der Waals surface area (Å²) in [5, 5.41) is 0. The summed E-state index contributed by atoms with van der Waals surface area (Å²) in [6.07, 6.45) is 0. The first kappa shape index (κ1) is 15.3. The van der Waals surface area contributed by atoms with Crippen molar-refractivity contribution in [2.45, 2.75) is 33.7 Å². The molecule has 0 aliphatic rings. The number of hydrogen-bond acceptors (Lipinski definition) is 2. The molecule has 16 heavy (non-hydrogen) atoms. The smallest absolute Gasteiger partial charge is 0.119 e. The lowest BCUT2D eigenvalue weighted by Crippen LogP contribution is -2.26. The number of nitrogens with two attached hydrogens (primary N) is 1. The highest BCUT2D eigenvalue weighted by Crippen LogP contribution is 2.30. The van der Waals surface area contributed by atoms with Gasteiger partial charge in [-0.25, -0.2) is 0 Å². The van der Waals surface area contributed by atoms with Crippen molar-refractivity contribution in [3.05, 3.63) is 29.8 Å². The van der Waals surface area contributed by atoms with Crippen LogP contribution in [-0.4, -0.2) is 6.61 Å². The number of ether oxygens (including phenoxy) is 1. The van der Waals surface area contributed by atoms with E-state index in [1.807, 2.05) is 31.2 Å². The lowest BCUT2D eigenvalue weighted by atomic mass is 9.83. The van der Waals surface area contributed by atoms with Crippen LogP contribution >= 0.6 is 12.4 Å². The normalized spacial score (nSPS) is 12.8. The van der Waals surface area contributed by atoms with Crippen molar-refractivity contribution < 1.29 is 4.74 Å². The van der Waals surface area contributed by atoms with E-state index >= 15 is 0 Å². The average molecular weight is 244 g/mol.